The number of nitrogens with zero attached hydrogens (tertiary/aromatic N) is 2. The summed E-state index contributed by atoms with van der Waals surface area (Å²) in [6.07, 6.45) is 1.70. The van der Waals surface area contributed by atoms with Crippen LogP contribution in [0.3, 0.4) is 0 Å². The van der Waals surface area contributed by atoms with Gasteiger partial charge in [-0.3, -0.25) is 4.79 Å². The molecule has 0 bridgehead atoms. The smallest absolute Gasteiger partial charge is 0.231 e. The summed E-state index contributed by atoms with van der Waals surface area (Å²) in [5.41, 5.74) is 3.35. The molecular formula is C26H18N2O3. The van der Waals surface area contributed by atoms with E-state index in [9.17, 15) is 4.79 Å². The molecule has 3 aromatic rings. The molecular weight excluding hydrogens is 388 g/mol. The van der Waals surface area contributed by atoms with Crippen molar-refractivity contribution in [1.29, 1.82) is 0 Å². The topological polar surface area (TPSA) is 60.2 Å². The van der Waals surface area contributed by atoms with Crippen molar-refractivity contribution in [2.75, 3.05) is 6.79 Å². The number of benzene rings is 3. The van der Waals surface area contributed by atoms with Crippen LogP contribution in [-0.2, 0) is 9.47 Å². The van der Waals surface area contributed by atoms with Gasteiger partial charge >= 0.3 is 0 Å². The van der Waals surface area contributed by atoms with E-state index in [0.29, 0.717) is 39.8 Å². The summed E-state index contributed by atoms with van der Waals surface area (Å²) in [7, 11) is 0. The Kier molecular flexibility index (Phi) is 4.99. The Morgan fingerprint density at radius 2 is 1.23 bits per heavy atom. The van der Waals surface area contributed by atoms with Gasteiger partial charge < -0.3 is 9.47 Å². The number of hydrogen-bond donors (Lipinski definition) is 0. The number of allylic oxidation sites excluding steroid dienone is 3. The molecule has 1 aliphatic carbocycles. The summed E-state index contributed by atoms with van der Waals surface area (Å²) < 4.78 is 11.4. The first-order valence-corrected chi connectivity index (χ1v) is 9.89. The molecule has 1 aliphatic heterocycles. The van der Waals surface area contributed by atoms with E-state index in [0.717, 1.165) is 5.69 Å². The molecule has 2 aliphatic rings. The van der Waals surface area contributed by atoms with E-state index in [1.54, 1.807) is 18.2 Å². The van der Waals surface area contributed by atoms with Gasteiger partial charge in [0, 0.05) is 5.56 Å². The fourth-order valence-electron chi connectivity index (χ4n) is 3.41. The van der Waals surface area contributed by atoms with E-state index >= 15 is 0 Å². The number of aliphatic imine (C=N–C) groups is 2. The van der Waals surface area contributed by atoms with E-state index < -0.39 is 0 Å². The lowest BCUT2D eigenvalue weighted by atomic mass is 9.91. The third-order valence-corrected chi connectivity index (χ3v) is 4.89. The maximum atomic E-state index is 13.5. The molecule has 1 heterocycles. The molecule has 0 spiro atoms. The van der Waals surface area contributed by atoms with E-state index in [-0.39, 0.29) is 12.6 Å². The van der Waals surface area contributed by atoms with Crippen molar-refractivity contribution in [1.82, 2.24) is 0 Å². The normalized spacial score (nSPS) is 17.7. The molecule has 5 rings (SSSR count). The van der Waals surface area contributed by atoms with Crippen LogP contribution in [-0.4, -0.2) is 24.0 Å². The lowest BCUT2D eigenvalue weighted by Gasteiger charge is -2.18. The molecule has 31 heavy (non-hydrogen) atoms. The predicted molar refractivity (Wildman–Crippen MR) is 120 cm³/mol. The molecule has 150 valence electrons. The number of carbonyl (C=O) groups is 1. The second-order valence-electron chi connectivity index (χ2n) is 6.94. The van der Waals surface area contributed by atoms with Gasteiger partial charge in [0.25, 0.3) is 0 Å². The van der Waals surface area contributed by atoms with Gasteiger partial charge in [0.15, 0.2) is 17.3 Å². The molecule has 0 atom stereocenters. The quantitative estimate of drug-likeness (QED) is 0.420. The van der Waals surface area contributed by atoms with Crippen LogP contribution < -0.4 is 0 Å². The highest BCUT2D eigenvalue weighted by molar-refractivity contribution is 6.60. The summed E-state index contributed by atoms with van der Waals surface area (Å²) in [5.74, 6) is 0.821. The summed E-state index contributed by atoms with van der Waals surface area (Å²) >= 11 is 0. The van der Waals surface area contributed by atoms with Gasteiger partial charge in [0.2, 0.25) is 6.79 Å². The highest BCUT2D eigenvalue weighted by Gasteiger charge is 2.35. The zero-order chi connectivity index (χ0) is 21.0. The Labute approximate surface area is 179 Å². The minimum Gasteiger partial charge on any atom is -0.453 e. The molecule has 0 fully saturated rings. The van der Waals surface area contributed by atoms with Crippen LogP contribution in [0.1, 0.15) is 10.4 Å². The predicted octanol–water partition coefficient (Wildman–Crippen LogP) is 5.57. The molecule has 0 saturated heterocycles. The monoisotopic (exact) mass is 406 g/mol. The highest BCUT2D eigenvalue weighted by Crippen LogP contribution is 2.31. The molecule has 0 aromatic heterocycles. The van der Waals surface area contributed by atoms with Crippen LogP contribution in [0.25, 0.3) is 0 Å². The van der Waals surface area contributed by atoms with Gasteiger partial charge in [-0.1, -0.05) is 66.7 Å². The molecule has 0 saturated carbocycles. The maximum Gasteiger partial charge on any atom is 0.231 e. The summed E-state index contributed by atoms with van der Waals surface area (Å²) in [4.78, 5) is 23.1. The zero-order valence-corrected chi connectivity index (χ0v) is 16.6. The number of ketones is 1. The number of ether oxygens (including phenoxy) is 2. The van der Waals surface area contributed by atoms with E-state index in [1.807, 2.05) is 78.9 Å². The zero-order valence-electron chi connectivity index (χ0n) is 16.6. The molecule has 0 N–H and O–H groups in total. The third kappa shape index (κ3) is 3.81. The van der Waals surface area contributed by atoms with Crippen LogP contribution in [0.2, 0.25) is 0 Å². The van der Waals surface area contributed by atoms with Gasteiger partial charge in [-0.05, 0) is 30.3 Å². The first-order chi connectivity index (χ1) is 15.3. The minimum absolute atomic E-state index is 0.0698. The SMILES string of the molecule is O=C(C1=CC2=C(OCO2)C(=Nc2ccccc2)C1=Nc1ccccc1)c1ccccc1. The second kappa shape index (κ2) is 8.24. The Hall–Kier alpha value is -4.25. The Morgan fingerprint density at radius 3 is 1.84 bits per heavy atom. The molecule has 5 nitrogen and oxygen atoms in total. The van der Waals surface area contributed by atoms with E-state index in [1.165, 1.54) is 0 Å². The Balaban J connectivity index is 1.71. The van der Waals surface area contributed by atoms with Crippen LogP contribution in [0.4, 0.5) is 11.4 Å². The van der Waals surface area contributed by atoms with Crippen molar-refractivity contribution in [3.05, 3.63) is 120 Å². The van der Waals surface area contributed by atoms with Crippen LogP contribution in [0.5, 0.6) is 0 Å². The van der Waals surface area contributed by atoms with Crippen molar-refractivity contribution in [2.45, 2.75) is 0 Å². The maximum absolute atomic E-state index is 13.5. The molecule has 3 aromatic carbocycles. The first kappa shape index (κ1) is 18.8. The lowest BCUT2D eigenvalue weighted by molar-refractivity contribution is 0.0797. The molecule has 0 radical (unpaired) electrons. The minimum atomic E-state index is -0.155. The van der Waals surface area contributed by atoms with Crippen molar-refractivity contribution in [3.63, 3.8) is 0 Å². The largest absolute Gasteiger partial charge is 0.453 e. The number of para-hydroxylation sites is 2. The summed E-state index contributed by atoms with van der Waals surface area (Å²) in [6, 6.07) is 28.1. The fourth-order valence-corrected chi connectivity index (χ4v) is 3.41. The van der Waals surface area contributed by atoms with Gasteiger partial charge in [-0.25, -0.2) is 9.98 Å². The standard InChI is InChI=1S/C26H18N2O3/c29-25(18-10-4-1-5-11-18)21-16-22-26(31-17-30-22)24(28-20-14-8-3-9-15-20)23(21)27-19-12-6-2-7-13-19/h1-16H,17H2. The number of Topliss-reactive ketones (excluding diaryl/α,β-unsaturated/α-hetero) is 1. The average molecular weight is 406 g/mol. The first-order valence-electron chi connectivity index (χ1n) is 9.89. The summed E-state index contributed by atoms with van der Waals surface area (Å²) in [5, 5.41) is 0. The van der Waals surface area contributed by atoms with Gasteiger partial charge in [0.1, 0.15) is 11.4 Å². The van der Waals surface area contributed by atoms with Crippen LogP contribution in [0.15, 0.2) is 124 Å². The molecule has 0 amide bonds. The number of hydrogen-bond acceptors (Lipinski definition) is 5. The van der Waals surface area contributed by atoms with Crippen LogP contribution >= 0.6 is 0 Å². The average Bonchev–Trinajstić information content (AvgIpc) is 3.30. The lowest BCUT2D eigenvalue weighted by Crippen LogP contribution is -2.27. The van der Waals surface area contributed by atoms with Gasteiger partial charge in [-0.2, -0.15) is 0 Å². The Morgan fingerprint density at radius 1 is 0.677 bits per heavy atom. The van der Waals surface area contributed by atoms with Crippen LogP contribution in [0, 0.1) is 0 Å². The highest BCUT2D eigenvalue weighted by atomic mass is 16.7. The van der Waals surface area contributed by atoms with Gasteiger partial charge in [-0.15, -0.1) is 0 Å². The molecule has 5 heteroatoms. The van der Waals surface area contributed by atoms with E-state index in [4.69, 9.17) is 19.5 Å². The second-order valence-corrected chi connectivity index (χ2v) is 6.94. The third-order valence-electron chi connectivity index (χ3n) is 4.89. The number of carbonyl (C=O) groups excluding carboxylic acids is 1. The number of rotatable bonds is 4. The van der Waals surface area contributed by atoms with Crippen molar-refractivity contribution >= 4 is 28.6 Å². The van der Waals surface area contributed by atoms with E-state index in [2.05, 4.69) is 0 Å². The van der Waals surface area contributed by atoms with Crippen molar-refractivity contribution in [2.24, 2.45) is 9.98 Å². The Bertz CT molecular complexity index is 1240. The fraction of sp³-hybridized carbons (Fsp3) is 0.0385. The molecule has 0 unspecified atom stereocenters. The summed E-state index contributed by atoms with van der Waals surface area (Å²) in [6.45, 7) is 0.0698. The van der Waals surface area contributed by atoms with Gasteiger partial charge in [0.05, 0.1) is 16.9 Å². The van der Waals surface area contributed by atoms with Crippen molar-refractivity contribution < 1.29 is 14.3 Å². The van der Waals surface area contributed by atoms with Crippen molar-refractivity contribution in [3.8, 4) is 0 Å².